The third-order valence-corrected chi connectivity index (χ3v) is 5.55. The average molecular weight is 412 g/mol. The predicted octanol–water partition coefficient (Wildman–Crippen LogP) is 4.05. The first-order chi connectivity index (χ1) is 13.9. The van der Waals surface area contributed by atoms with Gasteiger partial charge < -0.3 is 14.5 Å². The summed E-state index contributed by atoms with van der Waals surface area (Å²) in [6.45, 7) is 1.68. The van der Waals surface area contributed by atoms with Crippen molar-refractivity contribution in [2.45, 2.75) is 11.8 Å². The molecule has 1 heterocycles. The lowest BCUT2D eigenvalue weighted by Gasteiger charge is -2.14. The van der Waals surface area contributed by atoms with E-state index in [0.29, 0.717) is 28.4 Å². The number of sulfonamides is 1. The van der Waals surface area contributed by atoms with Gasteiger partial charge in [-0.2, -0.15) is 0 Å². The van der Waals surface area contributed by atoms with Gasteiger partial charge in [-0.25, -0.2) is 8.42 Å². The summed E-state index contributed by atoms with van der Waals surface area (Å²) in [7, 11) is -2.43. The van der Waals surface area contributed by atoms with Crippen LogP contribution in [0.3, 0.4) is 0 Å². The SMILES string of the molecule is COc1ccccc1NS(=O)(=O)c1cc(NC(=O)/C=C/c2ccco2)ccc1C. The van der Waals surface area contributed by atoms with E-state index in [-0.39, 0.29) is 4.90 Å². The third kappa shape index (κ3) is 5.05. The Kier molecular flexibility index (Phi) is 6.04. The number of amides is 1. The van der Waals surface area contributed by atoms with Crippen LogP contribution in [-0.2, 0) is 14.8 Å². The van der Waals surface area contributed by atoms with Gasteiger partial charge in [-0.1, -0.05) is 18.2 Å². The zero-order valence-corrected chi connectivity index (χ0v) is 16.7. The minimum Gasteiger partial charge on any atom is -0.495 e. The zero-order valence-electron chi connectivity index (χ0n) is 15.9. The van der Waals surface area contributed by atoms with Crippen molar-refractivity contribution in [1.82, 2.24) is 0 Å². The van der Waals surface area contributed by atoms with Crippen molar-refractivity contribution < 1.29 is 22.4 Å². The Hall–Kier alpha value is -3.52. The van der Waals surface area contributed by atoms with Crippen LogP contribution in [0, 0.1) is 6.92 Å². The molecule has 0 saturated heterocycles. The van der Waals surface area contributed by atoms with Gasteiger partial charge in [-0.15, -0.1) is 0 Å². The molecule has 1 aromatic heterocycles. The molecule has 29 heavy (non-hydrogen) atoms. The van der Waals surface area contributed by atoms with E-state index in [2.05, 4.69) is 10.0 Å². The van der Waals surface area contributed by atoms with Crippen LogP contribution >= 0.6 is 0 Å². The lowest BCUT2D eigenvalue weighted by molar-refractivity contribution is -0.111. The largest absolute Gasteiger partial charge is 0.495 e. The molecule has 8 heteroatoms. The molecular formula is C21H20N2O5S. The first-order valence-corrected chi connectivity index (χ1v) is 10.2. The standard InChI is InChI=1S/C21H20N2O5S/c1-15-9-10-16(22-21(24)12-11-17-6-5-13-28-17)14-20(15)29(25,26)23-18-7-3-4-8-19(18)27-2/h3-14,23H,1-2H3,(H,22,24)/b12-11+. The Morgan fingerprint density at radius 1 is 1.10 bits per heavy atom. The number of rotatable bonds is 7. The summed E-state index contributed by atoms with van der Waals surface area (Å²) in [5.74, 6) is 0.529. The second-order valence-corrected chi connectivity index (χ2v) is 7.77. The maximum atomic E-state index is 12.9. The van der Waals surface area contributed by atoms with Crippen molar-refractivity contribution >= 4 is 33.4 Å². The molecule has 0 radical (unpaired) electrons. The first-order valence-electron chi connectivity index (χ1n) is 8.68. The number of hydrogen-bond donors (Lipinski definition) is 2. The van der Waals surface area contributed by atoms with Crippen LogP contribution in [0.5, 0.6) is 5.75 Å². The number of carbonyl (C=O) groups excluding carboxylic acids is 1. The van der Waals surface area contributed by atoms with Crippen molar-refractivity contribution in [3.8, 4) is 5.75 Å². The van der Waals surface area contributed by atoms with Gasteiger partial charge in [0.15, 0.2) is 0 Å². The number of methoxy groups -OCH3 is 1. The molecule has 0 spiro atoms. The van der Waals surface area contributed by atoms with Crippen molar-refractivity contribution in [3.63, 3.8) is 0 Å². The molecule has 0 atom stereocenters. The molecule has 0 saturated carbocycles. The number of para-hydroxylation sites is 2. The van der Waals surface area contributed by atoms with E-state index in [4.69, 9.17) is 9.15 Å². The summed E-state index contributed by atoms with van der Waals surface area (Å²) >= 11 is 0. The molecular weight excluding hydrogens is 392 g/mol. The maximum Gasteiger partial charge on any atom is 0.262 e. The fraction of sp³-hybridized carbons (Fsp3) is 0.0952. The molecule has 0 aliphatic rings. The van der Waals surface area contributed by atoms with E-state index in [1.165, 1.54) is 31.6 Å². The van der Waals surface area contributed by atoms with Crippen LogP contribution in [0.1, 0.15) is 11.3 Å². The molecule has 0 aliphatic heterocycles. The number of aryl methyl sites for hydroxylation is 1. The first kappa shape index (κ1) is 20.2. The molecule has 2 N–H and O–H groups in total. The van der Waals surface area contributed by atoms with Gasteiger partial charge in [-0.3, -0.25) is 9.52 Å². The van der Waals surface area contributed by atoms with Gasteiger partial charge in [-0.05, 0) is 55.0 Å². The number of ether oxygens (including phenoxy) is 1. The monoisotopic (exact) mass is 412 g/mol. The van der Waals surface area contributed by atoms with Crippen LogP contribution < -0.4 is 14.8 Å². The van der Waals surface area contributed by atoms with Gasteiger partial charge >= 0.3 is 0 Å². The van der Waals surface area contributed by atoms with E-state index in [0.717, 1.165) is 0 Å². The molecule has 0 aliphatic carbocycles. The summed E-state index contributed by atoms with van der Waals surface area (Å²) < 4.78 is 38.7. The van der Waals surface area contributed by atoms with Gasteiger partial charge in [0.2, 0.25) is 5.91 Å². The summed E-state index contributed by atoms with van der Waals surface area (Å²) in [4.78, 5) is 12.2. The van der Waals surface area contributed by atoms with E-state index in [9.17, 15) is 13.2 Å². The fourth-order valence-electron chi connectivity index (χ4n) is 2.62. The highest BCUT2D eigenvalue weighted by Gasteiger charge is 2.19. The van der Waals surface area contributed by atoms with Crippen molar-refractivity contribution in [3.05, 3.63) is 78.3 Å². The highest BCUT2D eigenvalue weighted by molar-refractivity contribution is 7.92. The van der Waals surface area contributed by atoms with Gasteiger partial charge in [0, 0.05) is 11.8 Å². The fourth-order valence-corrected chi connectivity index (χ4v) is 3.97. The summed E-state index contributed by atoms with van der Waals surface area (Å²) in [6, 6.07) is 14.8. The van der Waals surface area contributed by atoms with Crippen molar-refractivity contribution in [2.24, 2.45) is 0 Å². The molecule has 0 fully saturated rings. The predicted molar refractivity (Wildman–Crippen MR) is 111 cm³/mol. The smallest absolute Gasteiger partial charge is 0.262 e. The highest BCUT2D eigenvalue weighted by atomic mass is 32.2. The Bertz CT molecular complexity index is 1140. The Morgan fingerprint density at radius 2 is 1.90 bits per heavy atom. The van der Waals surface area contributed by atoms with Crippen molar-refractivity contribution in [2.75, 3.05) is 17.1 Å². The van der Waals surface area contributed by atoms with Crippen LogP contribution in [-0.4, -0.2) is 21.4 Å². The summed E-state index contributed by atoms with van der Waals surface area (Å²) in [6.07, 6.45) is 4.33. The van der Waals surface area contributed by atoms with Crippen LogP contribution in [0.25, 0.3) is 6.08 Å². The van der Waals surface area contributed by atoms with Crippen LogP contribution in [0.2, 0.25) is 0 Å². The number of furan rings is 1. The van der Waals surface area contributed by atoms with Gasteiger partial charge in [0.05, 0.1) is 24.0 Å². The number of benzene rings is 2. The second kappa shape index (κ2) is 8.66. The molecule has 2 aromatic carbocycles. The molecule has 0 bridgehead atoms. The van der Waals surface area contributed by atoms with E-state index < -0.39 is 15.9 Å². The molecule has 3 aromatic rings. The third-order valence-electron chi connectivity index (χ3n) is 4.04. The van der Waals surface area contributed by atoms with Crippen molar-refractivity contribution in [1.29, 1.82) is 0 Å². The molecule has 3 rings (SSSR count). The topological polar surface area (TPSA) is 97.6 Å². The number of anilines is 2. The van der Waals surface area contributed by atoms with Gasteiger partial charge in [0.25, 0.3) is 10.0 Å². The summed E-state index contributed by atoms with van der Waals surface area (Å²) in [5, 5.41) is 2.65. The number of hydrogen-bond acceptors (Lipinski definition) is 5. The van der Waals surface area contributed by atoms with Crippen LogP contribution in [0.4, 0.5) is 11.4 Å². The van der Waals surface area contributed by atoms with Crippen LogP contribution in [0.15, 0.2) is 76.2 Å². The highest BCUT2D eigenvalue weighted by Crippen LogP contribution is 2.28. The summed E-state index contributed by atoms with van der Waals surface area (Å²) in [5.41, 5.74) is 1.21. The maximum absolute atomic E-state index is 12.9. The normalized spacial score (nSPS) is 11.4. The van der Waals surface area contributed by atoms with E-state index >= 15 is 0 Å². The molecule has 7 nitrogen and oxygen atoms in total. The average Bonchev–Trinajstić information content (AvgIpc) is 3.21. The number of carbonyl (C=O) groups is 1. The number of nitrogens with one attached hydrogen (secondary N) is 2. The minimum absolute atomic E-state index is 0.0521. The quantitative estimate of drug-likeness (QED) is 0.571. The Balaban J connectivity index is 1.81. The lowest BCUT2D eigenvalue weighted by Crippen LogP contribution is -2.16. The van der Waals surface area contributed by atoms with Gasteiger partial charge in [0.1, 0.15) is 11.5 Å². The molecule has 1 amide bonds. The zero-order chi connectivity index (χ0) is 20.9. The Labute approximate surface area is 169 Å². The molecule has 0 unspecified atom stereocenters. The lowest BCUT2D eigenvalue weighted by atomic mass is 10.2. The minimum atomic E-state index is -3.90. The van der Waals surface area contributed by atoms with E-state index in [1.807, 2.05) is 0 Å². The van der Waals surface area contributed by atoms with E-state index in [1.54, 1.807) is 55.5 Å². The molecule has 150 valence electrons. The second-order valence-electron chi connectivity index (χ2n) is 6.12. The Morgan fingerprint density at radius 3 is 2.62 bits per heavy atom.